The number of allylic oxidation sites excluding steroid dienone is 9. The number of carbonyl (C=O) groups excluding carboxylic acids is 1. The maximum Gasteiger partial charge on any atom is 0.220 e. The van der Waals surface area contributed by atoms with Gasteiger partial charge < -0.3 is 15.5 Å². The third-order valence-electron chi connectivity index (χ3n) is 4.27. The van der Waals surface area contributed by atoms with Gasteiger partial charge in [0.1, 0.15) is 0 Å². The predicted molar refractivity (Wildman–Crippen MR) is 124 cm³/mol. The molecule has 0 bridgehead atoms. The van der Waals surface area contributed by atoms with Gasteiger partial charge in [-0.15, -0.1) is 0 Å². The summed E-state index contributed by atoms with van der Waals surface area (Å²) in [6.45, 7) is 3.96. The molecular weight excluding hydrogens is 362 g/mol. The first-order chi connectivity index (χ1) is 14.2. The van der Waals surface area contributed by atoms with Crippen LogP contribution in [0.25, 0.3) is 0 Å². The van der Waals surface area contributed by atoms with Crippen LogP contribution >= 0.6 is 0 Å². The van der Waals surface area contributed by atoms with E-state index < -0.39 is 12.1 Å². The van der Waals surface area contributed by atoms with Gasteiger partial charge in [-0.05, 0) is 38.5 Å². The van der Waals surface area contributed by atoms with E-state index in [1.54, 1.807) is 6.08 Å². The number of aliphatic hydroxyl groups is 2. The quantitative estimate of drug-likeness (QED) is 0.232. The van der Waals surface area contributed by atoms with Crippen LogP contribution in [-0.2, 0) is 4.79 Å². The fourth-order valence-electron chi connectivity index (χ4n) is 2.52. The highest BCUT2D eigenvalue weighted by Gasteiger charge is 2.17. The molecule has 0 aromatic carbocycles. The van der Waals surface area contributed by atoms with Crippen LogP contribution in [0.2, 0.25) is 0 Å². The summed E-state index contributed by atoms with van der Waals surface area (Å²) in [5, 5.41) is 22.1. The van der Waals surface area contributed by atoms with Gasteiger partial charge in [0.25, 0.3) is 0 Å². The minimum Gasteiger partial charge on any atom is -0.394 e. The summed E-state index contributed by atoms with van der Waals surface area (Å²) in [4.78, 5) is 12.0. The van der Waals surface area contributed by atoms with Gasteiger partial charge in [-0.1, -0.05) is 87.4 Å². The molecule has 0 spiro atoms. The molecule has 0 radical (unpaired) electrons. The number of rotatable bonds is 17. The van der Waals surface area contributed by atoms with E-state index in [1.807, 2.05) is 18.2 Å². The highest BCUT2D eigenvalue weighted by atomic mass is 16.3. The monoisotopic (exact) mass is 403 g/mol. The lowest BCUT2D eigenvalue weighted by molar-refractivity contribution is -0.122. The molecule has 0 aromatic heterocycles. The largest absolute Gasteiger partial charge is 0.394 e. The third kappa shape index (κ3) is 17.9. The van der Waals surface area contributed by atoms with Crippen molar-refractivity contribution in [3.63, 3.8) is 0 Å². The molecule has 0 aromatic rings. The Bertz CT molecular complexity index is 532. The zero-order valence-corrected chi connectivity index (χ0v) is 18.3. The minimum atomic E-state index is -0.863. The van der Waals surface area contributed by atoms with E-state index in [0.717, 1.165) is 44.9 Å². The van der Waals surface area contributed by atoms with Crippen molar-refractivity contribution in [1.82, 2.24) is 5.32 Å². The van der Waals surface area contributed by atoms with Crippen LogP contribution in [-0.4, -0.2) is 34.9 Å². The third-order valence-corrected chi connectivity index (χ3v) is 4.27. The molecule has 2 atom stereocenters. The standard InChI is InChI=1S/C25H41NO3/c1-3-5-7-9-10-11-12-13-14-15-16-17-19-21-25(29)26-23(22-27)24(28)20-18-8-6-4-2/h5,7,10-11,13-14,16-18,20,23-24,27-28H,3-4,6,8-9,12,15,19,21-22H2,1-2H3,(H,26,29)/b7-5-,11-10-,14-13-,17-16-,20-18+. The Morgan fingerprint density at radius 1 is 0.862 bits per heavy atom. The zero-order valence-electron chi connectivity index (χ0n) is 18.3. The molecule has 4 nitrogen and oxygen atoms in total. The lowest BCUT2D eigenvalue weighted by Gasteiger charge is -2.19. The molecule has 1 amide bonds. The van der Waals surface area contributed by atoms with Crippen LogP contribution in [0.5, 0.6) is 0 Å². The summed E-state index contributed by atoms with van der Waals surface area (Å²) in [5.74, 6) is -0.160. The SMILES string of the molecule is CC/C=C\C/C=C\C/C=C\C/C=C\CCC(=O)NC(CO)C(O)/C=C/CCCC. The number of nitrogens with one attached hydrogen (secondary N) is 1. The second-order valence-corrected chi connectivity index (χ2v) is 6.96. The zero-order chi connectivity index (χ0) is 21.6. The number of aliphatic hydroxyl groups excluding tert-OH is 2. The molecule has 164 valence electrons. The van der Waals surface area contributed by atoms with Crippen molar-refractivity contribution < 1.29 is 15.0 Å². The minimum absolute atomic E-state index is 0.160. The molecule has 0 fully saturated rings. The van der Waals surface area contributed by atoms with E-state index in [0.29, 0.717) is 12.8 Å². The van der Waals surface area contributed by atoms with Gasteiger partial charge in [0.15, 0.2) is 0 Å². The van der Waals surface area contributed by atoms with E-state index in [2.05, 4.69) is 55.6 Å². The molecule has 0 saturated heterocycles. The van der Waals surface area contributed by atoms with Gasteiger partial charge in [-0.2, -0.15) is 0 Å². The average Bonchev–Trinajstić information content (AvgIpc) is 2.72. The van der Waals surface area contributed by atoms with Crippen LogP contribution in [0, 0.1) is 0 Å². The summed E-state index contributed by atoms with van der Waals surface area (Å²) in [6.07, 6.45) is 27.6. The predicted octanol–water partition coefficient (Wildman–Crippen LogP) is 5.16. The van der Waals surface area contributed by atoms with E-state index in [1.165, 1.54) is 0 Å². The number of carbonyl (C=O) groups is 1. The van der Waals surface area contributed by atoms with Crippen molar-refractivity contribution in [1.29, 1.82) is 0 Å². The van der Waals surface area contributed by atoms with Crippen LogP contribution in [0.4, 0.5) is 0 Å². The fraction of sp³-hybridized carbons (Fsp3) is 0.560. The molecule has 29 heavy (non-hydrogen) atoms. The van der Waals surface area contributed by atoms with Gasteiger partial charge >= 0.3 is 0 Å². The maximum absolute atomic E-state index is 12.0. The first kappa shape index (κ1) is 27.1. The van der Waals surface area contributed by atoms with Crippen molar-refractivity contribution in [3.05, 3.63) is 60.8 Å². The second kappa shape index (κ2) is 20.8. The molecule has 2 unspecified atom stereocenters. The average molecular weight is 404 g/mol. The highest BCUT2D eigenvalue weighted by Crippen LogP contribution is 2.02. The first-order valence-electron chi connectivity index (χ1n) is 11.0. The van der Waals surface area contributed by atoms with Gasteiger partial charge in [-0.3, -0.25) is 4.79 Å². The molecule has 0 aliphatic rings. The first-order valence-corrected chi connectivity index (χ1v) is 11.0. The Morgan fingerprint density at radius 3 is 2.00 bits per heavy atom. The number of hydrogen-bond donors (Lipinski definition) is 3. The Hall–Kier alpha value is -1.91. The number of amides is 1. The molecule has 4 heteroatoms. The van der Waals surface area contributed by atoms with Crippen LogP contribution < -0.4 is 5.32 Å². The lowest BCUT2D eigenvalue weighted by atomic mass is 10.1. The van der Waals surface area contributed by atoms with E-state index >= 15 is 0 Å². The molecule has 0 saturated carbocycles. The van der Waals surface area contributed by atoms with Crippen molar-refractivity contribution in [2.24, 2.45) is 0 Å². The molecule has 3 N–H and O–H groups in total. The van der Waals surface area contributed by atoms with Crippen molar-refractivity contribution in [2.75, 3.05) is 6.61 Å². The van der Waals surface area contributed by atoms with E-state index in [4.69, 9.17) is 0 Å². The smallest absolute Gasteiger partial charge is 0.220 e. The lowest BCUT2D eigenvalue weighted by Crippen LogP contribution is -2.45. The van der Waals surface area contributed by atoms with Crippen molar-refractivity contribution in [2.45, 2.75) is 83.8 Å². The maximum atomic E-state index is 12.0. The highest BCUT2D eigenvalue weighted by molar-refractivity contribution is 5.76. The van der Waals surface area contributed by atoms with Crippen LogP contribution in [0.3, 0.4) is 0 Å². The Morgan fingerprint density at radius 2 is 1.45 bits per heavy atom. The van der Waals surface area contributed by atoms with Gasteiger partial charge in [0.05, 0.1) is 18.8 Å². The van der Waals surface area contributed by atoms with Crippen molar-refractivity contribution in [3.8, 4) is 0 Å². The van der Waals surface area contributed by atoms with Gasteiger partial charge in [-0.25, -0.2) is 0 Å². The van der Waals surface area contributed by atoms with Gasteiger partial charge in [0.2, 0.25) is 5.91 Å². The summed E-state index contributed by atoms with van der Waals surface area (Å²) in [7, 11) is 0. The Balaban J connectivity index is 3.93. The molecular formula is C25H41NO3. The summed E-state index contributed by atoms with van der Waals surface area (Å²) >= 11 is 0. The normalized spacial score (nSPS) is 14.8. The summed E-state index contributed by atoms with van der Waals surface area (Å²) in [5.41, 5.74) is 0. The van der Waals surface area contributed by atoms with Crippen molar-refractivity contribution >= 4 is 5.91 Å². The second-order valence-electron chi connectivity index (χ2n) is 6.96. The molecule has 0 heterocycles. The number of hydrogen-bond acceptors (Lipinski definition) is 3. The topological polar surface area (TPSA) is 69.6 Å². The molecule has 0 rings (SSSR count). The van der Waals surface area contributed by atoms with Crippen LogP contribution in [0.15, 0.2) is 60.8 Å². The molecule has 0 aliphatic heterocycles. The summed E-state index contributed by atoms with van der Waals surface area (Å²) in [6, 6.07) is -0.655. The van der Waals surface area contributed by atoms with Gasteiger partial charge in [0, 0.05) is 6.42 Å². The van der Waals surface area contributed by atoms with E-state index in [9.17, 15) is 15.0 Å². The molecule has 0 aliphatic carbocycles. The Kier molecular flexibility index (Phi) is 19.4. The fourth-order valence-corrected chi connectivity index (χ4v) is 2.52. The summed E-state index contributed by atoms with van der Waals surface area (Å²) < 4.78 is 0. The number of unbranched alkanes of at least 4 members (excludes halogenated alkanes) is 2. The Labute approximate surface area is 177 Å². The van der Waals surface area contributed by atoms with Crippen LogP contribution in [0.1, 0.15) is 71.6 Å². The van der Waals surface area contributed by atoms with E-state index in [-0.39, 0.29) is 12.5 Å².